The van der Waals surface area contributed by atoms with Crippen molar-refractivity contribution < 1.29 is 23.0 Å². The molecule has 0 saturated heterocycles. The lowest BCUT2D eigenvalue weighted by molar-refractivity contribution is -0.143. The summed E-state index contributed by atoms with van der Waals surface area (Å²) < 4.78 is 45.8. The smallest absolute Gasteiger partial charge is 0.408 e. The molecule has 32 heavy (non-hydrogen) atoms. The highest BCUT2D eigenvalue weighted by Crippen LogP contribution is 2.42. The van der Waals surface area contributed by atoms with E-state index >= 15 is 0 Å². The number of nitrogens with zero attached hydrogens (tertiary/aromatic N) is 5. The van der Waals surface area contributed by atoms with Gasteiger partial charge in [0, 0.05) is 36.5 Å². The number of nitriles is 1. The Morgan fingerprint density at radius 2 is 1.97 bits per heavy atom. The number of ether oxygens (including phenoxy) is 1. The van der Waals surface area contributed by atoms with E-state index in [1.165, 1.54) is 30.6 Å². The van der Waals surface area contributed by atoms with Crippen LogP contribution in [0.1, 0.15) is 41.7 Å². The van der Waals surface area contributed by atoms with Gasteiger partial charge in [0.1, 0.15) is 12.3 Å². The fourth-order valence-corrected chi connectivity index (χ4v) is 3.12. The summed E-state index contributed by atoms with van der Waals surface area (Å²) >= 11 is 0. The van der Waals surface area contributed by atoms with E-state index in [-0.39, 0.29) is 35.5 Å². The molecule has 166 valence electrons. The highest BCUT2D eigenvalue weighted by molar-refractivity contribution is 5.66. The first kappa shape index (κ1) is 21.7. The third-order valence-electron chi connectivity index (χ3n) is 4.93. The molecule has 1 aliphatic rings. The molecule has 1 atom stereocenters. The maximum Gasteiger partial charge on any atom is 0.408 e. The van der Waals surface area contributed by atoms with Gasteiger partial charge in [0.15, 0.2) is 5.82 Å². The molecule has 3 N–H and O–H groups in total. The minimum absolute atomic E-state index is 0.000453. The Hall–Kier alpha value is -3.49. The second kappa shape index (κ2) is 8.57. The van der Waals surface area contributed by atoms with Crippen LogP contribution >= 0.6 is 0 Å². The molecule has 3 aromatic rings. The number of rotatable bonds is 7. The molecule has 1 unspecified atom stereocenters. The van der Waals surface area contributed by atoms with Crippen molar-refractivity contribution in [2.24, 2.45) is 5.73 Å². The molecule has 8 nitrogen and oxygen atoms in total. The Morgan fingerprint density at radius 3 is 2.56 bits per heavy atom. The van der Waals surface area contributed by atoms with Crippen LogP contribution in [0.4, 0.5) is 13.2 Å². The number of aliphatic hydroxyl groups is 1. The van der Waals surface area contributed by atoms with Crippen LogP contribution in [0.3, 0.4) is 0 Å². The molecule has 0 bridgehead atoms. The van der Waals surface area contributed by atoms with E-state index in [1.807, 2.05) is 6.07 Å². The van der Waals surface area contributed by atoms with Crippen molar-refractivity contribution in [2.75, 3.05) is 6.54 Å². The first-order valence-corrected chi connectivity index (χ1v) is 9.84. The average Bonchev–Trinajstić information content (AvgIpc) is 3.55. The Balaban J connectivity index is 1.72. The van der Waals surface area contributed by atoms with Crippen molar-refractivity contribution >= 4 is 0 Å². The molecule has 1 fully saturated rings. The predicted octanol–water partition coefficient (Wildman–Crippen LogP) is 3.44. The topological polar surface area (TPSA) is 123 Å². The van der Waals surface area contributed by atoms with Gasteiger partial charge in [-0.2, -0.15) is 23.5 Å². The molecule has 4 rings (SSSR count). The number of hydrogen-bond donors (Lipinski definition) is 2. The number of nitrogens with two attached hydrogens (primary N) is 1. The second-order valence-electron chi connectivity index (χ2n) is 7.47. The van der Waals surface area contributed by atoms with Crippen LogP contribution in [0.2, 0.25) is 0 Å². The van der Waals surface area contributed by atoms with E-state index in [2.05, 4.69) is 15.1 Å². The molecule has 0 spiro atoms. The third-order valence-corrected chi connectivity index (χ3v) is 4.93. The molecule has 1 aromatic carbocycles. The number of benzene rings is 1. The zero-order valence-corrected chi connectivity index (χ0v) is 16.8. The molecular weight excluding hydrogens is 425 g/mol. The van der Waals surface area contributed by atoms with Gasteiger partial charge < -0.3 is 15.6 Å². The lowest BCUT2D eigenvalue weighted by Gasteiger charge is -2.14. The second-order valence-corrected chi connectivity index (χ2v) is 7.47. The molecule has 11 heteroatoms. The van der Waals surface area contributed by atoms with Crippen LogP contribution in [0.15, 0.2) is 36.7 Å². The van der Waals surface area contributed by atoms with Gasteiger partial charge >= 0.3 is 6.18 Å². The Labute approximate surface area is 181 Å². The summed E-state index contributed by atoms with van der Waals surface area (Å²) in [6, 6.07) is 7.95. The van der Waals surface area contributed by atoms with Gasteiger partial charge in [-0.1, -0.05) is 0 Å². The van der Waals surface area contributed by atoms with Crippen molar-refractivity contribution in [3.8, 4) is 29.1 Å². The van der Waals surface area contributed by atoms with Gasteiger partial charge in [0.25, 0.3) is 0 Å². The lowest BCUT2D eigenvalue weighted by Crippen LogP contribution is -2.19. The standard InChI is InChI=1S/C21H19F3N6O2/c22-21(23,24)11-30-19(6-16(29-30)13-2-3-13)32-18-5-12(7-25)1-4-15(18)20-27-9-14(10-28-20)17(31)8-26/h1,4-6,9-10,13,17,31H,2-3,8,11,26H2. The normalized spacial score (nSPS) is 14.8. The highest BCUT2D eigenvalue weighted by Gasteiger charge is 2.33. The zero-order chi connectivity index (χ0) is 22.9. The highest BCUT2D eigenvalue weighted by atomic mass is 19.4. The van der Waals surface area contributed by atoms with Crippen LogP contribution in [0.25, 0.3) is 11.4 Å². The van der Waals surface area contributed by atoms with Crippen LogP contribution in [-0.4, -0.2) is 37.6 Å². The maximum atomic E-state index is 13.1. The Bertz CT molecular complexity index is 1150. The SMILES string of the molecule is N#Cc1ccc(-c2ncc(C(O)CN)cn2)c(Oc2cc(C3CC3)nn2CC(F)(F)F)c1. The largest absolute Gasteiger partial charge is 0.438 e. The number of aromatic nitrogens is 4. The van der Waals surface area contributed by atoms with Crippen molar-refractivity contribution in [1.82, 2.24) is 19.7 Å². The number of halogens is 3. The Kier molecular flexibility index (Phi) is 5.82. The number of hydrogen-bond acceptors (Lipinski definition) is 7. The molecule has 2 heterocycles. The van der Waals surface area contributed by atoms with Crippen molar-refractivity contribution in [1.29, 1.82) is 5.26 Å². The zero-order valence-electron chi connectivity index (χ0n) is 16.8. The molecule has 0 amide bonds. The summed E-state index contributed by atoms with van der Waals surface area (Å²) in [4.78, 5) is 8.42. The van der Waals surface area contributed by atoms with E-state index < -0.39 is 18.8 Å². The van der Waals surface area contributed by atoms with Gasteiger partial charge in [-0.3, -0.25) is 0 Å². The summed E-state index contributed by atoms with van der Waals surface area (Å²) in [6.45, 7) is -1.30. The van der Waals surface area contributed by atoms with Gasteiger partial charge in [-0.05, 0) is 31.0 Å². The summed E-state index contributed by atoms with van der Waals surface area (Å²) in [5.74, 6) is 0.362. The quantitative estimate of drug-likeness (QED) is 0.572. The van der Waals surface area contributed by atoms with E-state index in [1.54, 1.807) is 6.07 Å². The number of aliphatic hydroxyl groups excluding tert-OH is 1. The maximum absolute atomic E-state index is 13.1. The molecule has 1 saturated carbocycles. The molecule has 2 aromatic heterocycles. The van der Waals surface area contributed by atoms with Gasteiger partial charge in [0.2, 0.25) is 5.88 Å². The van der Waals surface area contributed by atoms with Gasteiger partial charge in [0.05, 0.1) is 29.0 Å². The lowest BCUT2D eigenvalue weighted by atomic mass is 10.1. The van der Waals surface area contributed by atoms with Gasteiger partial charge in [-0.15, -0.1) is 0 Å². The van der Waals surface area contributed by atoms with Crippen molar-refractivity contribution in [2.45, 2.75) is 37.6 Å². The van der Waals surface area contributed by atoms with Crippen LogP contribution in [0.5, 0.6) is 11.6 Å². The van der Waals surface area contributed by atoms with Crippen LogP contribution in [0, 0.1) is 11.3 Å². The molecule has 0 aliphatic heterocycles. The first-order chi connectivity index (χ1) is 15.3. The Morgan fingerprint density at radius 1 is 1.25 bits per heavy atom. The minimum Gasteiger partial charge on any atom is -0.438 e. The van der Waals surface area contributed by atoms with Crippen molar-refractivity contribution in [3.63, 3.8) is 0 Å². The summed E-state index contributed by atoms with van der Waals surface area (Å²) in [7, 11) is 0. The van der Waals surface area contributed by atoms with E-state index in [9.17, 15) is 23.5 Å². The third kappa shape index (κ3) is 4.87. The average molecular weight is 444 g/mol. The predicted molar refractivity (Wildman–Crippen MR) is 107 cm³/mol. The summed E-state index contributed by atoms with van der Waals surface area (Å²) in [6.07, 6.45) is -0.857. The van der Waals surface area contributed by atoms with E-state index in [4.69, 9.17) is 10.5 Å². The molecule has 0 radical (unpaired) electrons. The minimum atomic E-state index is -4.48. The number of alkyl halides is 3. The fourth-order valence-electron chi connectivity index (χ4n) is 3.12. The fraction of sp³-hybridized carbons (Fsp3) is 0.333. The van der Waals surface area contributed by atoms with E-state index in [0.717, 1.165) is 17.5 Å². The first-order valence-electron chi connectivity index (χ1n) is 9.84. The van der Waals surface area contributed by atoms with Gasteiger partial charge in [-0.25, -0.2) is 14.6 Å². The summed E-state index contributed by atoms with van der Waals surface area (Å²) in [5.41, 5.74) is 7.02. The van der Waals surface area contributed by atoms with Crippen LogP contribution < -0.4 is 10.5 Å². The monoisotopic (exact) mass is 444 g/mol. The summed E-state index contributed by atoms with van der Waals surface area (Å²) in [5, 5.41) is 23.2. The van der Waals surface area contributed by atoms with Crippen molar-refractivity contribution in [3.05, 3.63) is 53.5 Å². The molecule has 1 aliphatic carbocycles. The van der Waals surface area contributed by atoms with Crippen LogP contribution in [-0.2, 0) is 6.54 Å². The molecular formula is C21H19F3N6O2. The van der Waals surface area contributed by atoms with E-state index in [0.29, 0.717) is 16.8 Å².